The molecule has 0 aliphatic heterocycles. The number of phenols is 2. The number of phenolic OH excluding ortho intramolecular Hbond substituents is 1. The molecule has 3 N–H and O–H groups in total. The molecule has 0 unspecified atom stereocenters. The molecule has 0 aliphatic carbocycles. The number of aromatic hydroxyl groups is 2. The maximum Gasteiger partial charge on any atom is 0.143 e. The molecule has 0 heterocycles. The van der Waals surface area contributed by atoms with Gasteiger partial charge in [-0.2, -0.15) is 0 Å². The molecule has 1 aromatic carbocycles. The van der Waals surface area contributed by atoms with Gasteiger partial charge in [0.2, 0.25) is 0 Å². The van der Waals surface area contributed by atoms with Crippen molar-refractivity contribution in [2.24, 2.45) is 0 Å². The minimum Gasteiger partial charge on any atom is -0.506 e. The van der Waals surface area contributed by atoms with Gasteiger partial charge < -0.3 is 15.3 Å². The topological polar surface area (TPSA) is 60.7 Å². The Hall–Kier alpha value is -0.930. The van der Waals surface area contributed by atoms with Gasteiger partial charge in [0, 0.05) is 5.56 Å². The van der Waals surface area contributed by atoms with Crippen LogP contribution in [0, 0.1) is 6.92 Å². The summed E-state index contributed by atoms with van der Waals surface area (Å²) >= 11 is 5.56. The van der Waals surface area contributed by atoms with E-state index in [0.717, 1.165) is 0 Å². The molecule has 0 saturated heterocycles. The molecule has 66 valence electrons. The molecule has 1 aromatic rings. The van der Waals surface area contributed by atoms with Crippen LogP contribution in [0.4, 0.5) is 0 Å². The first-order valence-electron chi connectivity index (χ1n) is 3.38. The van der Waals surface area contributed by atoms with Crippen molar-refractivity contribution in [2.75, 3.05) is 0 Å². The summed E-state index contributed by atoms with van der Waals surface area (Å²) < 4.78 is 0. The average molecular weight is 189 g/mol. The van der Waals surface area contributed by atoms with Gasteiger partial charge in [0.1, 0.15) is 16.5 Å². The first-order chi connectivity index (χ1) is 5.57. The van der Waals surface area contributed by atoms with E-state index in [0.29, 0.717) is 11.1 Å². The molecule has 1 rings (SSSR count). The number of halogens is 1. The van der Waals surface area contributed by atoms with Gasteiger partial charge in [-0.05, 0) is 18.6 Å². The third-order valence-electron chi connectivity index (χ3n) is 1.65. The van der Waals surface area contributed by atoms with Crippen LogP contribution in [0.15, 0.2) is 6.07 Å². The summed E-state index contributed by atoms with van der Waals surface area (Å²) in [7, 11) is 0. The second-order valence-electron chi connectivity index (χ2n) is 2.52. The second kappa shape index (κ2) is 3.21. The Morgan fingerprint density at radius 2 is 1.92 bits per heavy atom. The molecule has 0 radical (unpaired) electrons. The second-order valence-corrected chi connectivity index (χ2v) is 2.90. The van der Waals surface area contributed by atoms with Crippen LogP contribution in [0.5, 0.6) is 11.5 Å². The third-order valence-corrected chi connectivity index (χ3v) is 2.01. The van der Waals surface area contributed by atoms with Crippen molar-refractivity contribution in [3.05, 3.63) is 22.2 Å². The lowest BCUT2D eigenvalue weighted by molar-refractivity contribution is 0.275. The van der Waals surface area contributed by atoms with Crippen LogP contribution >= 0.6 is 11.6 Å². The largest absolute Gasteiger partial charge is 0.506 e. The number of aliphatic hydroxyl groups excluding tert-OH is 1. The lowest BCUT2D eigenvalue weighted by Crippen LogP contribution is -1.87. The summed E-state index contributed by atoms with van der Waals surface area (Å²) in [4.78, 5) is 0. The van der Waals surface area contributed by atoms with Crippen molar-refractivity contribution in [3.63, 3.8) is 0 Å². The highest BCUT2D eigenvalue weighted by atomic mass is 35.5. The molecule has 3 nitrogen and oxygen atoms in total. The molecular formula is C8H9ClO3. The minimum absolute atomic E-state index is 0.112. The first kappa shape index (κ1) is 9.16. The van der Waals surface area contributed by atoms with Crippen molar-refractivity contribution >= 4 is 11.6 Å². The SMILES string of the molecule is Cc1cc(CO)c(O)c(Cl)c1O. The zero-order valence-corrected chi connectivity index (χ0v) is 7.26. The highest BCUT2D eigenvalue weighted by molar-refractivity contribution is 6.33. The Morgan fingerprint density at radius 3 is 2.42 bits per heavy atom. The zero-order valence-electron chi connectivity index (χ0n) is 6.50. The zero-order chi connectivity index (χ0) is 9.30. The first-order valence-corrected chi connectivity index (χ1v) is 3.76. The Morgan fingerprint density at radius 1 is 1.33 bits per heavy atom. The number of aryl methyl sites for hydroxylation is 1. The van der Waals surface area contributed by atoms with Gasteiger partial charge in [-0.25, -0.2) is 0 Å². The number of benzene rings is 1. The minimum atomic E-state index is -0.299. The van der Waals surface area contributed by atoms with Gasteiger partial charge in [0.15, 0.2) is 0 Å². The van der Waals surface area contributed by atoms with Crippen molar-refractivity contribution in [2.45, 2.75) is 13.5 Å². The summed E-state index contributed by atoms with van der Waals surface area (Å²) in [5.41, 5.74) is 0.845. The van der Waals surface area contributed by atoms with Gasteiger partial charge >= 0.3 is 0 Å². The van der Waals surface area contributed by atoms with E-state index in [4.69, 9.17) is 16.7 Å². The molecule has 0 fully saturated rings. The monoisotopic (exact) mass is 188 g/mol. The van der Waals surface area contributed by atoms with Crippen molar-refractivity contribution in [1.82, 2.24) is 0 Å². The summed E-state index contributed by atoms with van der Waals surface area (Å²) in [5, 5.41) is 27.1. The van der Waals surface area contributed by atoms with Crippen LogP contribution in [0.25, 0.3) is 0 Å². The van der Waals surface area contributed by atoms with Crippen LogP contribution < -0.4 is 0 Å². The number of hydrogen-bond donors (Lipinski definition) is 3. The number of rotatable bonds is 1. The molecule has 0 aliphatic rings. The summed E-state index contributed by atoms with van der Waals surface area (Å²) in [6.07, 6.45) is 0. The summed E-state index contributed by atoms with van der Waals surface area (Å²) in [6.45, 7) is 1.34. The Bertz CT molecular complexity index is 310. The van der Waals surface area contributed by atoms with Crippen molar-refractivity contribution in [1.29, 1.82) is 0 Å². The number of aliphatic hydroxyl groups is 1. The van der Waals surface area contributed by atoms with Gasteiger partial charge in [-0.3, -0.25) is 0 Å². The fourth-order valence-corrected chi connectivity index (χ4v) is 1.22. The molecule has 0 aromatic heterocycles. The fourth-order valence-electron chi connectivity index (χ4n) is 0.945. The van der Waals surface area contributed by atoms with Crippen LogP contribution in [0.3, 0.4) is 0 Å². The van der Waals surface area contributed by atoms with E-state index >= 15 is 0 Å². The van der Waals surface area contributed by atoms with Gasteiger partial charge in [0.25, 0.3) is 0 Å². The van der Waals surface area contributed by atoms with E-state index in [2.05, 4.69) is 0 Å². The van der Waals surface area contributed by atoms with Crippen LogP contribution in [0.1, 0.15) is 11.1 Å². The molecule has 0 spiro atoms. The van der Waals surface area contributed by atoms with Crippen molar-refractivity contribution < 1.29 is 15.3 Å². The maximum absolute atomic E-state index is 9.25. The summed E-state index contributed by atoms with van der Waals surface area (Å²) in [6, 6.07) is 1.48. The third kappa shape index (κ3) is 1.33. The Labute approximate surface area is 74.8 Å². The lowest BCUT2D eigenvalue weighted by atomic mass is 10.1. The van der Waals surface area contributed by atoms with E-state index in [9.17, 15) is 10.2 Å². The molecule has 0 atom stereocenters. The molecule has 0 amide bonds. The van der Waals surface area contributed by atoms with Crippen LogP contribution in [0.2, 0.25) is 5.02 Å². The highest BCUT2D eigenvalue weighted by Gasteiger charge is 2.12. The average Bonchev–Trinajstić information content (AvgIpc) is 2.08. The van der Waals surface area contributed by atoms with E-state index < -0.39 is 0 Å². The van der Waals surface area contributed by atoms with E-state index in [1.54, 1.807) is 6.92 Å². The predicted molar refractivity (Wildman–Crippen MR) is 45.4 cm³/mol. The normalized spacial score (nSPS) is 10.2. The summed E-state index contributed by atoms with van der Waals surface area (Å²) in [5.74, 6) is -0.409. The molecular weight excluding hydrogens is 180 g/mol. The molecule has 4 heteroatoms. The quantitative estimate of drug-likeness (QED) is 0.627. The molecule has 0 saturated carbocycles. The van der Waals surface area contributed by atoms with Gasteiger partial charge in [-0.1, -0.05) is 11.6 Å². The smallest absolute Gasteiger partial charge is 0.143 e. The van der Waals surface area contributed by atoms with E-state index in [1.165, 1.54) is 6.07 Å². The highest BCUT2D eigenvalue weighted by Crippen LogP contribution is 2.37. The standard InChI is InChI=1S/C8H9ClO3/c1-4-2-5(3-10)8(12)6(9)7(4)11/h2,10-12H,3H2,1H3. The Balaban J connectivity index is 3.39. The van der Waals surface area contributed by atoms with E-state index in [1.807, 2.05) is 0 Å². The van der Waals surface area contributed by atoms with Crippen LogP contribution in [-0.4, -0.2) is 15.3 Å². The lowest BCUT2D eigenvalue weighted by Gasteiger charge is -2.07. The Kier molecular flexibility index (Phi) is 2.45. The molecule has 12 heavy (non-hydrogen) atoms. The van der Waals surface area contributed by atoms with Gasteiger partial charge in [-0.15, -0.1) is 0 Å². The predicted octanol–water partition coefficient (Wildman–Crippen LogP) is 1.55. The van der Waals surface area contributed by atoms with Crippen molar-refractivity contribution in [3.8, 4) is 11.5 Å². The van der Waals surface area contributed by atoms with E-state index in [-0.39, 0.29) is 23.1 Å². The number of hydrogen-bond acceptors (Lipinski definition) is 3. The van der Waals surface area contributed by atoms with Crippen LogP contribution in [-0.2, 0) is 6.61 Å². The molecule has 0 bridgehead atoms. The fraction of sp³-hybridized carbons (Fsp3) is 0.250. The van der Waals surface area contributed by atoms with Gasteiger partial charge in [0.05, 0.1) is 6.61 Å². The maximum atomic E-state index is 9.25.